The second-order valence-electron chi connectivity index (χ2n) is 4.09. The fourth-order valence-corrected chi connectivity index (χ4v) is 2.59. The van der Waals surface area contributed by atoms with Gasteiger partial charge in [0.05, 0.1) is 10.7 Å². The minimum absolute atomic E-state index is 0.276. The van der Waals surface area contributed by atoms with Gasteiger partial charge in [-0.3, -0.25) is 0 Å². The molecule has 20 heavy (non-hydrogen) atoms. The van der Waals surface area contributed by atoms with E-state index in [9.17, 15) is 4.39 Å². The SMILES string of the molecule is CCNc1cc(Nc2c(Cl)cc(F)cc2Br)nc(C)n1. The maximum atomic E-state index is 13.2. The number of aromatic nitrogens is 2. The van der Waals surface area contributed by atoms with E-state index in [0.29, 0.717) is 21.8 Å². The number of rotatable bonds is 4. The molecule has 0 fully saturated rings. The highest BCUT2D eigenvalue weighted by molar-refractivity contribution is 9.10. The molecule has 1 heterocycles. The Morgan fingerprint density at radius 1 is 1.25 bits per heavy atom. The molecule has 0 aliphatic rings. The quantitative estimate of drug-likeness (QED) is 0.843. The molecule has 0 saturated heterocycles. The largest absolute Gasteiger partial charge is 0.370 e. The number of benzene rings is 1. The lowest BCUT2D eigenvalue weighted by atomic mass is 10.3. The second-order valence-corrected chi connectivity index (χ2v) is 5.35. The number of hydrogen-bond donors (Lipinski definition) is 2. The number of aryl methyl sites for hydroxylation is 1. The van der Waals surface area contributed by atoms with E-state index in [1.165, 1.54) is 12.1 Å². The Kier molecular flexibility index (Phi) is 4.77. The first-order valence-corrected chi connectivity index (χ1v) is 7.18. The summed E-state index contributed by atoms with van der Waals surface area (Å²) in [7, 11) is 0. The van der Waals surface area contributed by atoms with Gasteiger partial charge in [0.15, 0.2) is 0 Å². The molecule has 7 heteroatoms. The van der Waals surface area contributed by atoms with Crippen molar-refractivity contribution in [1.29, 1.82) is 0 Å². The predicted octanol–water partition coefficient (Wildman–Crippen LogP) is 4.52. The lowest BCUT2D eigenvalue weighted by Crippen LogP contribution is -2.04. The van der Waals surface area contributed by atoms with Gasteiger partial charge in [-0.15, -0.1) is 0 Å². The first-order chi connectivity index (χ1) is 9.49. The number of nitrogens with zero attached hydrogens (tertiary/aromatic N) is 2. The van der Waals surface area contributed by atoms with E-state index in [-0.39, 0.29) is 5.02 Å². The van der Waals surface area contributed by atoms with Gasteiger partial charge in [-0.25, -0.2) is 14.4 Å². The van der Waals surface area contributed by atoms with Gasteiger partial charge in [-0.05, 0) is 41.9 Å². The van der Waals surface area contributed by atoms with E-state index in [4.69, 9.17) is 11.6 Å². The van der Waals surface area contributed by atoms with Crippen molar-refractivity contribution in [3.8, 4) is 0 Å². The van der Waals surface area contributed by atoms with E-state index in [0.717, 1.165) is 12.4 Å². The normalized spacial score (nSPS) is 10.4. The van der Waals surface area contributed by atoms with E-state index in [2.05, 4.69) is 36.5 Å². The van der Waals surface area contributed by atoms with Crippen LogP contribution in [0.15, 0.2) is 22.7 Å². The minimum Gasteiger partial charge on any atom is -0.370 e. The topological polar surface area (TPSA) is 49.8 Å². The summed E-state index contributed by atoms with van der Waals surface area (Å²) in [5.41, 5.74) is 0.564. The number of nitrogens with one attached hydrogen (secondary N) is 2. The Labute approximate surface area is 129 Å². The molecule has 0 aliphatic carbocycles. The molecule has 0 atom stereocenters. The van der Waals surface area contributed by atoms with Crippen LogP contribution in [0.1, 0.15) is 12.7 Å². The number of hydrogen-bond acceptors (Lipinski definition) is 4. The third kappa shape index (κ3) is 3.58. The Morgan fingerprint density at radius 2 is 1.95 bits per heavy atom. The number of anilines is 3. The first-order valence-electron chi connectivity index (χ1n) is 6.00. The van der Waals surface area contributed by atoms with Gasteiger partial charge in [-0.1, -0.05) is 11.6 Å². The van der Waals surface area contributed by atoms with Gasteiger partial charge < -0.3 is 10.6 Å². The van der Waals surface area contributed by atoms with Crippen molar-refractivity contribution >= 4 is 44.9 Å². The Balaban J connectivity index is 2.35. The highest BCUT2D eigenvalue weighted by Gasteiger charge is 2.10. The molecular formula is C13H13BrClFN4. The molecule has 1 aromatic heterocycles. The van der Waals surface area contributed by atoms with Crippen molar-refractivity contribution in [2.75, 3.05) is 17.2 Å². The summed E-state index contributed by atoms with van der Waals surface area (Å²) < 4.78 is 13.7. The highest BCUT2D eigenvalue weighted by Crippen LogP contribution is 2.33. The lowest BCUT2D eigenvalue weighted by Gasteiger charge is -2.12. The molecule has 0 unspecified atom stereocenters. The van der Waals surface area contributed by atoms with E-state index in [1.807, 2.05) is 6.92 Å². The van der Waals surface area contributed by atoms with Gasteiger partial charge in [0.25, 0.3) is 0 Å². The van der Waals surface area contributed by atoms with Crippen LogP contribution < -0.4 is 10.6 Å². The number of halogens is 3. The van der Waals surface area contributed by atoms with Gasteiger partial charge in [0, 0.05) is 17.1 Å². The summed E-state index contributed by atoms with van der Waals surface area (Å²) in [5, 5.41) is 6.46. The van der Waals surface area contributed by atoms with Crippen LogP contribution in [0, 0.1) is 12.7 Å². The van der Waals surface area contributed by atoms with Crippen LogP contribution in [-0.4, -0.2) is 16.5 Å². The summed E-state index contributed by atoms with van der Waals surface area (Å²) >= 11 is 9.31. The van der Waals surface area contributed by atoms with E-state index < -0.39 is 5.82 Å². The first kappa shape index (κ1) is 15.0. The zero-order valence-corrected chi connectivity index (χ0v) is 13.3. The van der Waals surface area contributed by atoms with Crippen molar-refractivity contribution in [2.24, 2.45) is 0 Å². The Morgan fingerprint density at radius 3 is 2.60 bits per heavy atom. The monoisotopic (exact) mass is 358 g/mol. The van der Waals surface area contributed by atoms with Gasteiger partial charge >= 0.3 is 0 Å². The van der Waals surface area contributed by atoms with Crippen LogP contribution in [0.4, 0.5) is 21.7 Å². The maximum absolute atomic E-state index is 13.2. The van der Waals surface area contributed by atoms with Crippen LogP contribution in [0.3, 0.4) is 0 Å². The third-order valence-corrected chi connectivity index (χ3v) is 3.38. The Hall–Kier alpha value is -1.40. The van der Waals surface area contributed by atoms with Crippen LogP contribution in [0.25, 0.3) is 0 Å². The average molecular weight is 360 g/mol. The Bertz CT molecular complexity index is 613. The molecule has 2 aromatic rings. The van der Waals surface area contributed by atoms with Crippen LogP contribution in [0.2, 0.25) is 5.02 Å². The molecule has 106 valence electrons. The third-order valence-electron chi connectivity index (χ3n) is 2.46. The zero-order chi connectivity index (χ0) is 14.7. The van der Waals surface area contributed by atoms with Crippen molar-refractivity contribution in [3.63, 3.8) is 0 Å². The molecule has 0 spiro atoms. The molecule has 0 saturated carbocycles. The summed E-state index contributed by atoms with van der Waals surface area (Å²) in [6.07, 6.45) is 0. The molecular weight excluding hydrogens is 347 g/mol. The van der Waals surface area contributed by atoms with Crippen molar-refractivity contribution in [3.05, 3.63) is 39.3 Å². The molecule has 0 amide bonds. The lowest BCUT2D eigenvalue weighted by molar-refractivity contribution is 0.627. The summed E-state index contributed by atoms with van der Waals surface area (Å²) in [6.45, 7) is 4.54. The fourth-order valence-electron chi connectivity index (χ4n) is 1.69. The summed E-state index contributed by atoms with van der Waals surface area (Å²) in [4.78, 5) is 8.54. The van der Waals surface area contributed by atoms with Crippen molar-refractivity contribution in [2.45, 2.75) is 13.8 Å². The van der Waals surface area contributed by atoms with Crippen LogP contribution in [0.5, 0.6) is 0 Å². The fraction of sp³-hybridized carbons (Fsp3) is 0.231. The molecule has 4 nitrogen and oxygen atoms in total. The van der Waals surface area contributed by atoms with Crippen LogP contribution >= 0.6 is 27.5 Å². The standard InChI is InChI=1S/C13H13BrClFN4/c1-3-17-11-6-12(19-7(2)18-11)20-13-9(14)4-8(16)5-10(13)15/h4-6H,3H2,1-2H3,(H2,17,18,19,20). The molecule has 1 aromatic carbocycles. The second kappa shape index (κ2) is 6.37. The maximum Gasteiger partial charge on any atom is 0.136 e. The smallest absolute Gasteiger partial charge is 0.136 e. The zero-order valence-electron chi connectivity index (χ0n) is 11.0. The summed E-state index contributed by atoms with van der Waals surface area (Å²) in [5.74, 6) is 1.53. The highest BCUT2D eigenvalue weighted by atomic mass is 79.9. The molecule has 0 aliphatic heterocycles. The van der Waals surface area contributed by atoms with E-state index >= 15 is 0 Å². The van der Waals surface area contributed by atoms with Crippen LogP contribution in [-0.2, 0) is 0 Å². The van der Waals surface area contributed by atoms with E-state index in [1.54, 1.807) is 13.0 Å². The predicted molar refractivity (Wildman–Crippen MR) is 83.3 cm³/mol. The van der Waals surface area contributed by atoms with Gasteiger partial charge in [-0.2, -0.15) is 0 Å². The van der Waals surface area contributed by atoms with Crippen molar-refractivity contribution in [1.82, 2.24) is 9.97 Å². The minimum atomic E-state index is -0.403. The van der Waals surface area contributed by atoms with Gasteiger partial charge in [0.1, 0.15) is 23.3 Å². The molecule has 0 radical (unpaired) electrons. The molecule has 2 rings (SSSR count). The average Bonchev–Trinajstić information content (AvgIpc) is 2.33. The molecule has 0 bridgehead atoms. The molecule has 2 N–H and O–H groups in total. The van der Waals surface area contributed by atoms with Crippen molar-refractivity contribution < 1.29 is 4.39 Å². The van der Waals surface area contributed by atoms with Gasteiger partial charge in [0.2, 0.25) is 0 Å². The summed E-state index contributed by atoms with van der Waals surface area (Å²) in [6, 6.07) is 4.35.